The molecule has 114 valence electrons. The lowest BCUT2D eigenvalue weighted by Gasteiger charge is -2.26. The van der Waals surface area contributed by atoms with Gasteiger partial charge in [0.25, 0.3) is 0 Å². The average molecular weight is 288 g/mol. The highest BCUT2D eigenvalue weighted by Crippen LogP contribution is 2.36. The third kappa shape index (κ3) is 2.62. The van der Waals surface area contributed by atoms with Crippen molar-refractivity contribution in [1.29, 1.82) is 0 Å². The molecule has 4 rings (SSSR count). The fourth-order valence-electron chi connectivity index (χ4n) is 4.17. The van der Waals surface area contributed by atoms with Crippen molar-refractivity contribution < 1.29 is 9.47 Å². The summed E-state index contributed by atoms with van der Waals surface area (Å²) in [5.41, 5.74) is 1.22. The van der Waals surface area contributed by atoms with Crippen LogP contribution in [0.15, 0.2) is 18.2 Å². The van der Waals surface area contributed by atoms with Gasteiger partial charge in [-0.25, -0.2) is 0 Å². The second-order valence-electron chi connectivity index (χ2n) is 6.44. The molecule has 1 aliphatic carbocycles. The van der Waals surface area contributed by atoms with Crippen LogP contribution in [0.4, 0.5) is 0 Å². The van der Waals surface area contributed by atoms with Gasteiger partial charge in [0.2, 0.25) is 6.79 Å². The summed E-state index contributed by atoms with van der Waals surface area (Å²) < 4.78 is 11.1. The van der Waals surface area contributed by atoms with Gasteiger partial charge in [-0.3, -0.25) is 0 Å². The lowest BCUT2D eigenvalue weighted by molar-refractivity contribution is 0.173. The fourth-order valence-corrected chi connectivity index (χ4v) is 4.17. The van der Waals surface area contributed by atoms with Crippen LogP contribution in [0.25, 0.3) is 0 Å². The molecule has 3 aliphatic rings. The molecule has 2 heterocycles. The number of nitrogens with one attached hydrogen (secondary N) is 2. The maximum absolute atomic E-state index is 5.60. The summed E-state index contributed by atoms with van der Waals surface area (Å²) in [6.07, 6.45) is 6.70. The van der Waals surface area contributed by atoms with E-state index in [1.165, 1.54) is 44.2 Å². The summed E-state index contributed by atoms with van der Waals surface area (Å²) in [6, 6.07) is 7.53. The maximum atomic E-state index is 5.60. The molecule has 3 unspecified atom stereocenters. The highest BCUT2D eigenvalue weighted by Gasteiger charge is 2.34. The van der Waals surface area contributed by atoms with Gasteiger partial charge in [0.05, 0.1) is 0 Å². The molecule has 2 N–H and O–H groups in total. The lowest BCUT2D eigenvalue weighted by Crippen LogP contribution is -2.41. The average Bonchev–Trinajstić information content (AvgIpc) is 3.23. The molecule has 4 nitrogen and oxygen atoms in total. The molecule has 4 heteroatoms. The van der Waals surface area contributed by atoms with E-state index in [9.17, 15) is 0 Å². The number of benzene rings is 1. The summed E-state index contributed by atoms with van der Waals surface area (Å²) in [4.78, 5) is 0. The van der Waals surface area contributed by atoms with Crippen molar-refractivity contribution in [1.82, 2.24) is 10.6 Å². The molecule has 1 saturated heterocycles. The molecular weight excluding hydrogens is 264 g/mol. The molecule has 0 radical (unpaired) electrons. The van der Waals surface area contributed by atoms with Gasteiger partial charge in [0.1, 0.15) is 0 Å². The van der Waals surface area contributed by atoms with Crippen molar-refractivity contribution in [3.8, 4) is 11.5 Å². The Morgan fingerprint density at radius 3 is 3.05 bits per heavy atom. The van der Waals surface area contributed by atoms with Gasteiger partial charge < -0.3 is 20.1 Å². The third-order valence-electron chi connectivity index (χ3n) is 5.22. The Morgan fingerprint density at radius 2 is 2.14 bits per heavy atom. The van der Waals surface area contributed by atoms with Crippen LogP contribution in [-0.2, 0) is 6.54 Å². The smallest absolute Gasteiger partial charge is 0.231 e. The highest BCUT2D eigenvalue weighted by atomic mass is 16.7. The Morgan fingerprint density at radius 1 is 1.14 bits per heavy atom. The first-order valence-electron chi connectivity index (χ1n) is 8.26. The van der Waals surface area contributed by atoms with Crippen LogP contribution in [0.1, 0.15) is 37.7 Å². The van der Waals surface area contributed by atoms with Crippen LogP contribution in [0.2, 0.25) is 0 Å². The van der Waals surface area contributed by atoms with E-state index in [2.05, 4.69) is 22.8 Å². The van der Waals surface area contributed by atoms with Gasteiger partial charge in [-0.1, -0.05) is 18.6 Å². The summed E-state index contributed by atoms with van der Waals surface area (Å²) in [6.45, 7) is 2.43. The second kappa shape index (κ2) is 5.85. The normalized spacial score (nSPS) is 31.0. The largest absolute Gasteiger partial charge is 0.454 e. The van der Waals surface area contributed by atoms with Gasteiger partial charge >= 0.3 is 0 Å². The zero-order valence-corrected chi connectivity index (χ0v) is 12.4. The molecule has 1 saturated carbocycles. The number of ether oxygens (including phenoxy) is 2. The minimum Gasteiger partial charge on any atom is -0.454 e. The zero-order valence-electron chi connectivity index (χ0n) is 12.4. The Labute approximate surface area is 126 Å². The molecular formula is C17H24N2O2. The van der Waals surface area contributed by atoms with Gasteiger partial charge in [-0.15, -0.1) is 0 Å². The number of para-hydroxylation sites is 1. The van der Waals surface area contributed by atoms with Crippen LogP contribution < -0.4 is 20.1 Å². The third-order valence-corrected chi connectivity index (χ3v) is 5.22. The first-order chi connectivity index (χ1) is 10.4. The van der Waals surface area contributed by atoms with E-state index in [1.807, 2.05) is 6.07 Å². The van der Waals surface area contributed by atoms with Gasteiger partial charge in [-0.05, 0) is 44.2 Å². The predicted octanol–water partition coefficient (Wildman–Crippen LogP) is 2.43. The molecule has 1 aromatic carbocycles. The minimum absolute atomic E-state index is 0.352. The fraction of sp³-hybridized carbons (Fsp3) is 0.647. The van der Waals surface area contributed by atoms with E-state index in [1.54, 1.807) is 0 Å². The van der Waals surface area contributed by atoms with Crippen LogP contribution in [-0.4, -0.2) is 25.4 Å². The molecule has 2 fully saturated rings. The molecule has 2 aliphatic heterocycles. The second-order valence-corrected chi connectivity index (χ2v) is 6.44. The van der Waals surface area contributed by atoms with E-state index >= 15 is 0 Å². The van der Waals surface area contributed by atoms with E-state index in [-0.39, 0.29) is 0 Å². The number of rotatable bonds is 4. The summed E-state index contributed by atoms with van der Waals surface area (Å²) in [5, 5.41) is 7.46. The SMILES string of the molecule is c1cc(CNC2CCCC2C2CCCN2)c2c(c1)OCO2. The summed E-state index contributed by atoms with van der Waals surface area (Å²) in [7, 11) is 0. The lowest BCUT2D eigenvalue weighted by atomic mass is 9.93. The van der Waals surface area contributed by atoms with Crippen LogP contribution in [0.5, 0.6) is 11.5 Å². The molecule has 0 aromatic heterocycles. The van der Waals surface area contributed by atoms with Crippen LogP contribution in [0.3, 0.4) is 0 Å². The quantitative estimate of drug-likeness (QED) is 0.893. The monoisotopic (exact) mass is 288 g/mol. The van der Waals surface area contributed by atoms with Crippen molar-refractivity contribution in [3.63, 3.8) is 0 Å². The van der Waals surface area contributed by atoms with E-state index in [4.69, 9.17) is 9.47 Å². The van der Waals surface area contributed by atoms with Crippen LogP contribution >= 0.6 is 0 Å². The van der Waals surface area contributed by atoms with Crippen molar-refractivity contribution >= 4 is 0 Å². The Balaban J connectivity index is 1.41. The first-order valence-corrected chi connectivity index (χ1v) is 8.26. The van der Waals surface area contributed by atoms with Crippen molar-refractivity contribution in [2.45, 2.75) is 50.7 Å². The van der Waals surface area contributed by atoms with Crippen molar-refractivity contribution in [3.05, 3.63) is 23.8 Å². The molecule has 3 atom stereocenters. The van der Waals surface area contributed by atoms with E-state index in [0.29, 0.717) is 12.8 Å². The van der Waals surface area contributed by atoms with Gasteiger partial charge in [-0.2, -0.15) is 0 Å². The van der Waals surface area contributed by atoms with E-state index < -0.39 is 0 Å². The molecule has 1 aromatic rings. The summed E-state index contributed by atoms with van der Waals surface area (Å²) in [5.74, 6) is 2.61. The molecule has 0 bridgehead atoms. The molecule has 0 amide bonds. The Hall–Kier alpha value is -1.26. The van der Waals surface area contributed by atoms with Crippen molar-refractivity contribution in [2.75, 3.05) is 13.3 Å². The number of hydrogen-bond donors (Lipinski definition) is 2. The van der Waals surface area contributed by atoms with Gasteiger partial charge in [0.15, 0.2) is 11.5 Å². The van der Waals surface area contributed by atoms with Crippen molar-refractivity contribution in [2.24, 2.45) is 5.92 Å². The predicted molar refractivity (Wildman–Crippen MR) is 81.6 cm³/mol. The van der Waals surface area contributed by atoms with Crippen LogP contribution in [0, 0.1) is 5.92 Å². The standard InChI is InChI=1S/C17H24N2O2/c1-4-12(17-16(8-1)20-11-21-17)10-19-15-6-2-5-13(15)14-7-3-9-18-14/h1,4,8,13-15,18-19H,2-3,5-7,9-11H2. The Bertz CT molecular complexity index is 500. The highest BCUT2D eigenvalue weighted by molar-refractivity contribution is 5.48. The molecule has 21 heavy (non-hydrogen) atoms. The Kier molecular flexibility index (Phi) is 3.74. The van der Waals surface area contributed by atoms with Gasteiger partial charge in [0, 0.05) is 24.2 Å². The maximum Gasteiger partial charge on any atom is 0.231 e. The zero-order chi connectivity index (χ0) is 14.1. The molecule has 0 spiro atoms. The minimum atomic E-state index is 0.352. The summed E-state index contributed by atoms with van der Waals surface area (Å²) >= 11 is 0. The first kappa shape index (κ1) is 13.4. The topological polar surface area (TPSA) is 42.5 Å². The van der Waals surface area contributed by atoms with E-state index in [0.717, 1.165) is 30.0 Å². The number of fused-ring (bicyclic) bond motifs is 1. The number of hydrogen-bond acceptors (Lipinski definition) is 4.